The topological polar surface area (TPSA) is 57.7 Å². The van der Waals surface area contributed by atoms with E-state index in [4.69, 9.17) is 0 Å². The number of hydrogen-bond donors (Lipinski definition) is 0. The second-order valence-corrected chi connectivity index (χ2v) is 10.1. The lowest BCUT2D eigenvalue weighted by Crippen LogP contribution is -2.46. The van der Waals surface area contributed by atoms with Gasteiger partial charge in [-0.3, -0.25) is 4.79 Å². The van der Waals surface area contributed by atoms with Crippen LogP contribution < -0.4 is 0 Å². The van der Waals surface area contributed by atoms with Crippen LogP contribution in [-0.2, 0) is 14.6 Å². The zero-order chi connectivity index (χ0) is 16.2. The number of rotatable bonds is 6. The third-order valence-corrected chi connectivity index (χ3v) is 7.51. The normalized spacial score (nSPS) is 28.0. The fourth-order valence-electron chi connectivity index (χ4n) is 3.17. The average Bonchev–Trinajstić information content (AvgIpc) is 2.83. The first-order valence-corrected chi connectivity index (χ1v) is 11.0. The lowest BCUT2D eigenvalue weighted by Gasteiger charge is -2.33. The summed E-state index contributed by atoms with van der Waals surface area (Å²) >= 11 is 1.75. The van der Waals surface area contributed by atoms with Gasteiger partial charge in [-0.15, -0.1) is 11.8 Å². The van der Waals surface area contributed by atoms with E-state index < -0.39 is 9.84 Å². The summed E-state index contributed by atoms with van der Waals surface area (Å²) < 4.78 is 23.5. The Kier molecular flexibility index (Phi) is 6.58. The minimum Gasteiger partial charge on any atom is -0.338 e. The van der Waals surface area contributed by atoms with Gasteiger partial charge in [-0.1, -0.05) is 6.42 Å². The van der Waals surface area contributed by atoms with E-state index in [1.165, 1.54) is 6.42 Å². The van der Waals surface area contributed by atoms with Crippen molar-refractivity contribution in [1.82, 2.24) is 9.80 Å². The Bertz CT molecular complexity index is 473. The van der Waals surface area contributed by atoms with Crippen molar-refractivity contribution in [3.05, 3.63) is 0 Å². The smallest absolute Gasteiger partial charge is 0.235 e. The summed E-state index contributed by atoms with van der Waals surface area (Å²) in [7, 11) is 1.08. The van der Waals surface area contributed by atoms with Crippen LogP contribution in [0.5, 0.6) is 0 Å². The molecule has 7 heteroatoms. The molecule has 5 nitrogen and oxygen atoms in total. The van der Waals surface area contributed by atoms with E-state index in [2.05, 4.69) is 4.90 Å². The van der Waals surface area contributed by atoms with Crippen LogP contribution in [-0.4, -0.2) is 79.9 Å². The summed E-state index contributed by atoms with van der Waals surface area (Å²) in [5, 5.41) is 0.0383. The van der Waals surface area contributed by atoms with E-state index in [0.29, 0.717) is 13.0 Å². The maximum Gasteiger partial charge on any atom is 0.235 e. The van der Waals surface area contributed by atoms with Crippen molar-refractivity contribution in [2.24, 2.45) is 0 Å². The molecule has 0 saturated carbocycles. The largest absolute Gasteiger partial charge is 0.338 e. The Labute approximate surface area is 138 Å². The standard InChI is InChI=1S/C15H28N2O3S2/c1-16(2)8-5-9-17(13-7-11-22(19,20)12-13)15(18)14-6-3-4-10-21-14/h13-14H,3-12H2,1-2H3. The second kappa shape index (κ2) is 8.02. The lowest BCUT2D eigenvalue weighted by molar-refractivity contribution is -0.132. The third kappa shape index (κ3) is 5.13. The van der Waals surface area contributed by atoms with Gasteiger partial charge in [0.2, 0.25) is 5.91 Å². The van der Waals surface area contributed by atoms with Crippen molar-refractivity contribution < 1.29 is 13.2 Å². The average molecular weight is 349 g/mol. The highest BCUT2D eigenvalue weighted by atomic mass is 32.2. The Balaban J connectivity index is 2.01. The van der Waals surface area contributed by atoms with Crippen LogP contribution in [0, 0.1) is 0 Å². The zero-order valence-corrected chi connectivity index (χ0v) is 15.3. The molecule has 2 aliphatic heterocycles. The molecule has 0 N–H and O–H groups in total. The van der Waals surface area contributed by atoms with Gasteiger partial charge >= 0.3 is 0 Å². The van der Waals surface area contributed by atoms with Gasteiger partial charge in [0.1, 0.15) is 0 Å². The number of hydrogen-bond acceptors (Lipinski definition) is 5. The predicted octanol–water partition coefficient (Wildman–Crippen LogP) is 1.24. The Morgan fingerprint density at radius 1 is 1.18 bits per heavy atom. The molecule has 2 aliphatic rings. The molecule has 0 spiro atoms. The highest BCUT2D eigenvalue weighted by Crippen LogP contribution is 2.29. The monoisotopic (exact) mass is 348 g/mol. The van der Waals surface area contributed by atoms with E-state index in [-0.39, 0.29) is 28.7 Å². The molecule has 2 heterocycles. The van der Waals surface area contributed by atoms with Crippen LogP contribution in [0.3, 0.4) is 0 Å². The minimum atomic E-state index is -2.96. The van der Waals surface area contributed by atoms with E-state index in [9.17, 15) is 13.2 Å². The second-order valence-electron chi connectivity index (χ2n) is 6.60. The summed E-state index contributed by atoms with van der Waals surface area (Å²) in [6.45, 7) is 1.59. The van der Waals surface area contributed by atoms with Crippen molar-refractivity contribution in [1.29, 1.82) is 0 Å². The number of nitrogens with zero attached hydrogens (tertiary/aromatic N) is 2. The fraction of sp³-hybridized carbons (Fsp3) is 0.933. The summed E-state index contributed by atoms with van der Waals surface area (Å²) in [6.07, 6.45) is 4.73. The van der Waals surface area contributed by atoms with Crippen molar-refractivity contribution in [3.63, 3.8) is 0 Å². The minimum absolute atomic E-state index is 0.0383. The molecule has 2 fully saturated rings. The summed E-state index contributed by atoms with van der Waals surface area (Å²) in [6, 6.07) is -0.109. The van der Waals surface area contributed by atoms with Crippen LogP contribution in [0.2, 0.25) is 0 Å². The van der Waals surface area contributed by atoms with Crippen molar-refractivity contribution >= 4 is 27.5 Å². The summed E-state index contributed by atoms with van der Waals surface area (Å²) in [4.78, 5) is 16.9. The number of amides is 1. The maximum atomic E-state index is 12.9. The van der Waals surface area contributed by atoms with Gasteiger partial charge in [-0.2, -0.15) is 0 Å². The van der Waals surface area contributed by atoms with Gasteiger partial charge in [-0.05, 0) is 52.1 Å². The van der Waals surface area contributed by atoms with Crippen LogP contribution >= 0.6 is 11.8 Å². The van der Waals surface area contributed by atoms with Gasteiger partial charge in [0.05, 0.1) is 16.8 Å². The number of carbonyl (C=O) groups excluding carboxylic acids is 1. The van der Waals surface area contributed by atoms with Gasteiger partial charge in [0.25, 0.3) is 0 Å². The highest BCUT2D eigenvalue weighted by Gasteiger charge is 2.37. The molecule has 2 saturated heterocycles. The molecule has 128 valence electrons. The number of thioether (sulfide) groups is 1. The Hall–Kier alpha value is -0.270. The molecule has 22 heavy (non-hydrogen) atoms. The molecular weight excluding hydrogens is 320 g/mol. The molecule has 2 atom stereocenters. The Morgan fingerprint density at radius 2 is 1.95 bits per heavy atom. The zero-order valence-electron chi connectivity index (χ0n) is 13.7. The SMILES string of the molecule is CN(C)CCCN(C(=O)C1CCCCS1)C1CCS(=O)(=O)C1. The van der Waals surface area contributed by atoms with Crippen molar-refractivity contribution in [2.45, 2.75) is 43.4 Å². The van der Waals surface area contributed by atoms with E-state index in [1.807, 2.05) is 19.0 Å². The Morgan fingerprint density at radius 3 is 2.50 bits per heavy atom. The van der Waals surface area contributed by atoms with Crippen LogP contribution in [0.1, 0.15) is 32.1 Å². The molecule has 2 rings (SSSR count). The third-order valence-electron chi connectivity index (χ3n) is 4.39. The van der Waals surface area contributed by atoms with Crippen molar-refractivity contribution in [2.75, 3.05) is 44.4 Å². The number of sulfone groups is 1. The van der Waals surface area contributed by atoms with Crippen LogP contribution in [0.4, 0.5) is 0 Å². The molecule has 0 bridgehead atoms. The fourth-order valence-corrected chi connectivity index (χ4v) is 6.17. The summed E-state index contributed by atoms with van der Waals surface area (Å²) in [5.74, 6) is 1.60. The molecule has 0 radical (unpaired) electrons. The molecule has 0 aromatic carbocycles. The van der Waals surface area contributed by atoms with E-state index >= 15 is 0 Å². The number of carbonyl (C=O) groups is 1. The predicted molar refractivity (Wildman–Crippen MR) is 92.0 cm³/mol. The highest BCUT2D eigenvalue weighted by molar-refractivity contribution is 8.00. The van der Waals surface area contributed by atoms with Gasteiger partial charge in [0.15, 0.2) is 9.84 Å². The maximum absolute atomic E-state index is 12.9. The molecule has 0 aromatic heterocycles. The molecule has 0 aliphatic carbocycles. The molecule has 0 aromatic rings. The molecular formula is C15H28N2O3S2. The first kappa shape index (κ1) is 18.1. The lowest BCUT2D eigenvalue weighted by atomic mass is 10.1. The quantitative estimate of drug-likeness (QED) is 0.723. The first-order valence-electron chi connectivity index (χ1n) is 8.16. The van der Waals surface area contributed by atoms with Crippen LogP contribution in [0.15, 0.2) is 0 Å². The first-order chi connectivity index (χ1) is 10.4. The summed E-state index contributed by atoms with van der Waals surface area (Å²) in [5.41, 5.74) is 0. The van der Waals surface area contributed by atoms with Gasteiger partial charge in [-0.25, -0.2) is 8.42 Å². The van der Waals surface area contributed by atoms with Crippen molar-refractivity contribution in [3.8, 4) is 0 Å². The van der Waals surface area contributed by atoms with Gasteiger partial charge < -0.3 is 9.80 Å². The van der Waals surface area contributed by atoms with E-state index in [1.54, 1.807) is 11.8 Å². The molecule has 2 unspecified atom stereocenters. The van der Waals surface area contributed by atoms with Crippen LogP contribution in [0.25, 0.3) is 0 Å². The van der Waals surface area contributed by atoms with E-state index in [0.717, 1.165) is 31.6 Å². The molecule has 1 amide bonds. The van der Waals surface area contributed by atoms with Gasteiger partial charge in [0, 0.05) is 12.6 Å².